The largest absolute Gasteiger partial charge is 0.383 e. The number of Topliss-reactive ketones (excluding diaryl/α,β-unsaturated/α-hetero) is 1. The van der Waals surface area contributed by atoms with E-state index in [4.69, 9.17) is 5.73 Å². The summed E-state index contributed by atoms with van der Waals surface area (Å²) in [5.74, 6) is 0.555. The van der Waals surface area contributed by atoms with Gasteiger partial charge in [0.1, 0.15) is 23.0 Å². The second kappa shape index (κ2) is 6.48. The highest BCUT2D eigenvalue weighted by Crippen LogP contribution is 2.51. The molecule has 0 spiro atoms. The Balaban J connectivity index is 1.61. The Morgan fingerprint density at radius 1 is 1.41 bits per heavy atom. The maximum Gasteiger partial charge on any atom is 0.261 e. The van der Waals surface area contributed by atoms with E-state index < -0.39 is 0 Å². The number of carbonyl (C=O) groups excluding carboxylic acids is 2. The van der Waals surface area contributed by atoms with Gasteiger partial charge in [0.2, 0.25) is 0 Å². The minimum absolute atomic E-state index is 0.0649. The van der Waals surface area contributed by atoms with E-state index in [-0.39, 0.29) is 23.6 Å². The summed E-state index contributed by atoms with van der Waals surface area (Å²) in [4.78, 5) is 24.7. The Morgan fingerprint density at radius 3 is 2.85 bits per heavy atom. The highest BCUT2D eigenvalue weighted by Gasteiger charge is 2.48. The third-order valence-corrected chi connectivity index (χ3v) is 5.99. The number of rotatable bonds is 4. The first-order chi connectivity index (χ1) is 12.9. The molecule has 1 aromatic heterocycles. The number of aryl methyl sites for hydroxylation is 2. The van der Waals surface area contributed by atoms with Gasteiger partial charge >= 0.3 is 0 Å². The van der Waals surface area contributed by atoms with Crippen molar-refractivity contribution >= 4 is 23.2 Å². The molecular formula is C20H23FN4O2. The lowest BCUT2D eigenvalue weighted by atomic mass is 9.75. The Kier molecular flexibility index (Phi) is 4.25. The molecule has 1 amide bonds. The van der Waals surface area contributed by atoms with Gasteiger partial charge in [-0.25, -0.2) is 4.39 Å². The molecule has 2 aromatic rings. The van der Waals surface area contributed by atoms with Crippen LogP contribution in [0.2, 0.25) is 0 Å². The molecule has 0 saturated heterocycles. The summed E-state index contributed by atoms with van der Waals surface area (Å²) in [6, 6.07) is 4.52. The second-order valence-corrected chi connectivity index (χ2v) is 7.59. The number of amides is 1. The van der Waals surface area contributed by atoms with Crippen molar-refractivity contribution in [3.63, 3.8) is 0 Å². The summed E-state index contributed by atoms with van der Waals surface area (Å²) in [7, 11) is 1.71. The van der Waals surface area contributed by atoms with Gasteiger partial charge in [-0.1, -0.05) is 6.92 Å². The lowest BCUT2D eigenvalue weighted by molar-refractivity contribution is -0.132. The summed E-state index contributed by atoms with van der Waals surface area (Å²) in [6.07, 6.45) is 2.77. The van der Waals surface area contributed by atoms with E-state index in [0.29, 0.717) is 52.9 Å². The topological polar surface area (TPSA) is 90.0 Å². The predicted molar refractivity (Wildman–Crippen MR) is 99.9 cm³/mol. The van der Waals surface area contributed by atoms with E-state index >= 15 is 0 Å². The number of nitrogens with one attached hydrogen (secondary N) is 1. The Hall–Kier alpha value is -2.70. The molecule has 2 fully saturated rings. The lowest BCUT2D eigenvalue weighted by Crippen LogP contribution is -2.32. The predicted octanol–water partition coefficient (Wildman–Crippen LogP) is 3.04. The zero-order chi connectivity index (χ0) is 19.3. The first-order valence-corrected chi connectivity index (χ1v) is 9.33. The van der Waals surface area contributed by atoms with Gasteiger partial charge in [-0.3, -0.25) is 14.3 Å². The molecule has 142 valence electrons. The first-order valence-electron chi connectivity index (χ1n) is 9.33. The van der Waals surface area contributed by atoms with Crippen molar-refractivity contribution in [3.8, 4) is 0 Å². The van der Waals surface area contributed by atoms with Gasteiger partial charge in [0.05, 0.1) is 5.69 Å². The minimum atomic E-state index is -0.352. The van der Waals surface area contributed by atoms with Gasteiger partial charge in [-0.05, 0) is 48.9 Å². The van der Waals surface area contributed by atoms with E-state index in [1.54, 1.807) is 13.1 Å². The summed E-state index contributed by atoms with van der Waals surface area (Å²) in [5.41, 5.74) is 8.21. The quantitative estimate of drug-likeness (QED) is 0.866. The Bertz CT molecular complexity index is 936. The highest BCUT2D eigenvalue weighted by atomic mass is 19.1. The number of hydrogen-bond donors (Lipinski definition) is 2. The molecule has 2 aliphatic rings. The highest BCUT2D eigenvalue weighted by molar-refractivity contribution is 6.08. The number of nitrogens with zero attached hydrogens (tertiary/aromatic N) is 2. The molecule has 0 radical (unpaired) electrons. The van der Waals surface area contributed by atoms with E-state index in [0.717, 1.165) is 12.8 Å². The van der Waals surface area contributed by atoms with Crippen molar-refractivity contribution in [2.75, 3.05) is 11.1 Å². The number of hydrogen-bond acceptors (Lipinski definition) is 4. The fourth-order valence-corrected chi connectivity index (χ4v) is 4.41. The van der Waals surface area contributed by atoms with Crippen molar-refractivity contribution < 1.29 is 14.0 Å². The maximum absolute atomic E-state index is 13.7. The molecule has 7 heteroatoms. The van der Waals surface area contributed by atoms with E-state index in [1.165, 1.54) is 16.8 Å². The number of nitrogen functional groups attached to an aromatic ring is 1. The molecule has 4 rings (SSSR count). The molecule has 3 atom stereocenters. The summed E-state index contributed by atoms with van der Waals surface area (Å²) < 4.78 is 15.2. The Morgan fingerprint density at radius 2 is 2.19 bits per heavy atom. The molecule has 1 aromatic carbocycles. The fraction of sp³-hybridized carbons (Fsp3) is 0.450. The minimum Gasteiger partial charge on any atom is -0.383 e. The van der Waals surface area contributed by atoms with Crippen molar-refractivity contribution in [2.45, 2.75) is 38.5 Å². The smallest absolute Gasteiger partial charge is 0.261 e. The van der Waals surface area contributed by atoms with Gasteiger partial charge in [-0.15, -0.1) is 0 Å². The van der Waals surface area contributed by atoms with Crippen LogP contribution in [0.5, 0.6) is 0 Å². The zero-order valence-electron chi connectivity index (χ0n) is 15.5. The standard InChI is InChI=1S/C20H23FN4O2/c1-3-10-7-13(4-5-15(10)21)23-20(27)17-18(24-25(2)19(17)22)12-6-11-9-16(26)14(11)8-12/h4-5,7,11-12,14H,3,6,8-9,22H2,1-2H3,(H,23,27). The van der Waals surface area contributed by atoms with E-state index in [2.05, 4.69) is 10.4 Å². The summed E-state index contributed by atoms with van der Waals surface area (Å²) >= 11 is 0. The molecule has 2 saturated carbocycles. The summed E-state index contributed by atoms with van der Waals surface area (Å²) in [6.45, 7) is 1.86. The van der Waals surface area contributed by atoms with Crippen molar-refractivity contribution in [1.29, 1.82) is 0 Å². The van der Waals surface area contributed by atoms with Gasteiger partial charge in [0.15, 0.2) is 0 Å². The van der Waals surface area contributed by atoms with Crippen LogP contribution in [0.1, 0.15) is 53.7 Å². The fourth-order valence-electron chi connectivity index (χ4n) is 4.41. The number of anilines is 2. The van der Waals surface area contributed by atoms with Crippen LogP contribution in [-0.2, 0) is 18.3 Å². The average molecular weight is 370 g/mol. The van der Waals surface area contributed by atoms with Crippen LogP contribution in [-0.4, -0.2) is 21.5 Å². The van der Waals surface area contributed by atoms with Gasteiger partial charge < -0.3 is 11.1 Å². The average Bonchev–Trinajstić information content (AvgIpc) is 3.13. The zero-order valence-corrected chi connectivity index (χ0v) is 15.5. The van der Waals surface area contributed by atoms with Crippen LogP contribution in [0, 0.1) is 17.7 Å². The molecule has 2 aliphatic carbocycles. The number of carbonyl (C=O) groups is 2. The monoisotopic (exact) mass is 370 g/mol. The third kappa shape index (κ3) is 2.91. The number of benzene rings is 1. The van der Waals surface area contributed by atoms with Crippen LogP contribution in [0.15, 0.2) is 18.2 Å². The van der Waals surface area contributed by atoms with Crippen LogP contribution in [0.25, 0.3) is 0 Å². The van der Waals surface area contributed by atoms with Gasteiger partial charge in [-0.2, -0.15) is 5.10 Å². The number of ketones is 1. The molecule has 27 heavy (non-hydrogen) atoms. The number of halogens is 1. The molecule has 3 unspecified atom stereocenters. The normalized spacial score (nSPS) is 23.8. The second-order valence-electron chi connectivity index (χ2n) is 7.59. The number of aromatic nitrogens is 2. The number of nitrogens with two attached hydrogens (primary N) is 1. The van der Waals surface area contributed by atoms with Gasteiger partial charge in [0.25, 0.3) is 5.91 Å². The van der Waals surface area contributed by atoms with Crippen molar-refractivity contribution in [3.05, 3.63) is 40.8 Å². The molecule has 1 heterocycles. The van der Waals surface area contributed by atoms with Gasteiger partial charge in [0, 0.05) is 31.0 Å². The molecule has 3 N–H and O–H groups in total. The summed E-state index contributed by atoms with van der Waals surface area (Å²) in [5, 5.41) is 7.30. The lowest BCUT2D eigenvalue weighted by Gasteiger charge is -2.27. The first kappa shape index (κ1) is 17.7. The maximum atomic E-state index is 13.7. The van der Waals surface area contributed by atoms with Crippen LogP contribution in [0.4, 0.5) is 15.9 Å². The SMILES string of the molecule is CCc1cc(NC(=O)c2c(C3CC4CC(=O)C4C3)nn(C)c2N)ccc1F. The third-order valence-electron chi connectivity index (χ3n) is 5.99. The van der Waals surface area contributed by atoms with Crippen LogP contribution < -0.4 is 11.1 Å². The van der Waals surface area contributed by atoms with E-state index in [1.807, 2.05) is 6.92 Å². The van der Waals surface area contributed by atoms with Crippen LogP contribution >= 0.6 is 0 Å². The molecular weight excluding hydrogens is 347 g/mol. The molecule has 6 nitrogen and oxygen atoms in total. The molecule has 0 bridgehead atoms. The number of fused-ring (bicyclic) bond motifs is 1. The van der Waals surface area contributed by atoms with Crippen molar-refractivity contribution in [2.24, 2.45) is 18.9 Å². The Labute approximate surface area is 156 Å². The van der Waals surface area contributed by atoms with Crippen LogP contribution in [0.3, 0.4) is 0 Å². The van der Waals surface area contributed by atoms with Crippen molar-refractivity contribution in [1.82, 2.24) is 9.78 Å². The molecule has 0 aliphatic heterocycles. The van der Waals surface area contributed by atoms with E-state index in [9.17, 15) is 14.0 Å².